The lowest BCUT2D eigenvalue weighted by Crippen LogP contribution is -2.50. The van der Waals surface area contributed by atoms with E-state index in [0.717, 1.165) is 25.3 Å². The third kappa shape index (κ3) is 2.85. The Kier molecular flexibility index (Phi) is 3.67. The second-order valence-electron chi connectivity index (χ2n) is 7.03. The fourth-order valence-corrected chi connectivity index (χ4v) is 3.30. The summed E-state index contributed by atoms with van der Waals surface area (Å²) in [6.07, 6.45) is 0.833. The van der Waals surface area contributed by atoms with Gasteiger partial charge in [-0.25, -0.2) is 4.79 Å². The van der Waals surface area contributed by atoms with Crippen LogP contribution in [0.15, 0.2) is 24.3 Å². The lowest BCUT2D eigenvalue weighted by atomic mass is 10.2. The highest BCUT2D eigenvalue weighted by Gasteiger charge is 2.46. The molecule has 0 radical (unpaired) electrons. The monoisotopic (exact) mass is 304 g/mol. The zero-order chi connectivity index (χ0) is 15.9. The van der Waals surface area contributed by atoms with E-state index < -0.39 is 5.60 Å². The Morgan fingerprint density at radius 2 is 1.82 bits per heavy atom. The maximum absolute atomic E-state index is 12.2. The molecule has 0 aromatic heterocycles. The Labute approximate surface area is 131 Å². The number of rotatable bonds is 2. The molecule has 22 heavy (non-hydrogen) atoms. The molecule has 1 aromatic carbocycles. The standard InChI is InChI=1S/C17H24N2O3/c1-17(2,3)22-16(20)19-11-13-9-14(19)10-18(13)12-5-7-15(21-4)8-6-12/h5-8,13-14H,9-11H2,1-4H3/t13-,14-/m0/s1. The molecule has 2 fully saturated rings. The van der Waals surface area contributed by atoms with Gasteiger partial charge in [0.05, 0.1) is 13.2 Å². The zero-order valence-electron chi connectivity index (χ0n) is 13.7. The molecule has 2 bridgehead atoms. The number of ether oxygens (including phenoxy) is 2. The van der Waals surface area contributed by atoms with E-state index in [0.29, 0.717) is 6.04 Å². The molecule has 1 amide bonds. The fraction of sp³-hybridized carbons (Fsp3) is 0.588. The number of fused-ring (bicyclic) bond motifs is 2. The number of methoxy groups -OCH3 is 1. The van der Waals surface area contributed by atoms with E-state index in [1.54, 1.807) is 7.11 Å². The number of hydrogen-bond acceptors (Lipinski definition) is 4. The molecule has 5 heteroatoms. The van der Waals surface area contributed by atoms with Crippen LogP contribution in [0.5, 0.6) is 5.75 Å². The number of likely N-dealkylation sites (tertiary alicyclic amines) is 1. The van der Waals surface area contributed by atoms with Gasteiger partial charge in [0.25, 0.3) is 0 Å². The summed E-state index contributed by atoms with van der Waals surface area (Å²) in [5.41, 5.74) is 0.756. The summed E-state index contributed by atoms with van der Waals surface area (Å²) in [6, 6.07) is 8.75. The van der Waals surface area contributed by atoms with Crippen molar-refractivity contribution in [1.29, 1.82) is 0 Å². The minimum atomic E-state index is -0.436. The lowest BCUT2D eigenvalue weighted by molar-refractivity contribution is 0.0215. The first kappa shape index (κ1) is 15.0. The van der Waals surface area contributed by atoms with Crippen LogP contribution in [0.25, 0.3) is 0 Å². The summed E-state index contributed by atoms with van der Waals surface area (Å²) in [6.45, 7) is 7.33. The van der Waals surface area contributed by atoms with Gasteiger partial charge < -0.3 is 19.3 Å². The summed E-state index contributed by atoms with van der Waals surface area (Å²) in [5, 5.41) is 0. The molecule has 2 aliphatic heterocycles. The summed E-state index contributed by atoms with van der Waals surface area (Å²) in [5.74, 6) is 0.864. The summed E-state index contributed by atoms with van der Waals surface area (Å²) in [4.78, 5) is 16.5. The van der Waals surface area contributed by atoms with Gasteiger partial charge >= 0.3 is 6.09 Å². The second kappa shape index (κ2) is 5.38. The predicted molar refractivity (Wildman–Crippen MR) is 85.5 cm³/mol. The lowest BCUT2D eigenvalue weighted by Gasteiger charge is -2.36. The van der Waals surface area contributed by atoms with Gasteiger partial charge in [-0.2, -0.15) is 0 Å². The average Bonchev–Trinajstić information content (AvgIpc) is 3.05. The van der Waals surface area contributed by atoms with Crippen LogP contribution < -0.4 is 9.64 Å². The molecule has 0 saturated carbocycles. The minimum absolute atomic E-state index is 0.186. The highest BCUT2D eigenvalue weighted by Crippen LogP contribution is 2.35. The Morgan fingerprint density at radius 3 is 2.32 bits per heavy atom. The highest BCUT2D eigenvalue weighted by molar-refractivity contribution is 5.70. The van der Waals surface area contributed by atoms with Crippen LogP contribution in [0.3, 0.4) is 0 Å². The second-order valence-corrected chi connectivity index (χ2v) is 7.03. The van der Waals surface area contributed by atoms with Crippen molar-refractivity contribution >= 4 is 11.8 Å². The third-order valence-corrected chi connectivity index (χ3v) is 4.27. The van der Waals surface area contributed by atoms with Crippen LogP contribution in [0.4, 0.5) is 10.5 Å². The predicted octanol–water partition coefficient (Wildman–Crippen LogP) is 2.89. The van der Waals surface area contributed by atoms with Crippen molar-refractivity contribution in [3.8, 4) is 5.75 Å². The van der Waals surface area contributed by atoms with Gasteiger partial charge in [0.2, 0.25) is 0 Å². The summed E-state index contributed by atoms with van der Waals surface area (Å²) in [7, 11) is 1.67. The van der Waals surface area contributed by atoms with Gasteiger partial charge in [0.15, 0.2) is 0 Å². The fourth-order valence-electron chi connectivity index (χ4n) is 3.30. The molecular weight excluding hydrogens is 280 g/mol. The molecule has 120 valence electrons. The molecule has 5 nitrogen and oxygen atoms in total. The van der Waals surface area contributed by atoms with Gasteiger partial charge in [0, 0.05) is 24.8 Å². The molecule has 2 aliphatic rings. The molecule has 0 spiro atoms. The first-order valence-corrected chi connectivity index (χ1v) is 7.78. The quantitative estimate of drug-likeness (QED) is 0.842. The van der Waals surface area contributed by atoms with E-state index in [1.165, 1.54) is 5.69 Å². The molecule has 3 rings (SSSR count). The third-order valence-electron chi connectivity index (χ3n) is 4.27. The van der Waals surface area contributed by atoms with Crippen molar-refractivity contribution in [2.24, 2.45) is 0 Å². The molecule has 0 unspecified atom stereocenters. The smallest absolute Gasteiger partial charge is 0.410 e. The number of nitrogens with zero attached hydrogens (tertiary/aromatic N) is 2. The Morgan fingerprint density at radius 1 is 1.14 bits per heavy atom. The SMILES string of the molecule is COc1ccc(N2C[C@@H]3C[C@H]2CN3C(=O)OC(C)(C)C)cc1. The molecule has 2 atom stereocenters. The number of piperazine rings is 1. The zero-order valence-corrected chi connectivity index (χ0v) is 13.7. The van der Waals surface area contributed by atoms with E-state index in [2.05, 4.69) is 17.0 Å². The van der Waals surface area contributed by atoms with E-state index in [4.69, 9.17) is 9.47 Å². The largest absolute Gasteiger partial charge is 0.497 e. The maximum atomic E-state index is 12.2. The Bertz CT molecular complexity index is 550. The van der Waals surface area contributed by atoms with Crippen molar-refractivity contribution in [3.05, 3.63) is 24.3 Å². The van der Waals surface area contributed by atoms with Gasteiger partial charge in [0.1, 0.15) is 11.4 Å². The molecule has 0 aliphatic carbocycles. The molecule has 1 aromatic rings. The normalized spacial score (nSPS) is 23.8. The Hall–Kier alpha value is -1.91. The number of hydrogen-bond donors (Lipinski definition) is 0. The highest BCUT2D eigenvalue weighted by atomic mass is 16.6. The van der Waals surface area contributed by atoms with Crippen LogP contribution >= 0.6 is 0 Å². The molecular formula is C17H24N2O3. The topological polar surface area (TPSA) is 42.0 Å². The molecule has 2 saturated heterocycles. The molecule has 0 N–H and O–H groups in total. The van der Waals surface area contributed by atoms with Crippen LogP contribution in [0.1, 0.15) is 27.2 Å². The van der Waals surface area contributed by atoms with Crippen molar-refractivity contribution in [1.82, 2.24) is 4.90 Å². The van der Waals surface area contributed by atoms with Crippen LogP contribution in [0, 0.1) is 0 Å². The maximum Gasteiger partial charge on any atom is 0.410 e. The van der Waals surface area contributed by atoms with Crippen molar-refractivity contribution in [2.45, 2.75) is 44.9 Å². The van der Waals surface area contributed by atoms with Gasteiger partial charge in [-0.1, -0.05) is 0 Å². The average molecular weight is 304 g/mol. The van der Waals surface area contributed by atoms with Crippen molar-refractivity contribution in [2.75, 3.05) is 25.1 Å². The number of carbonyl (C=O) groups is 1. The van der Waals surface area contributed by atoms with Gasteiger partial charge in [-0.3, -0.25) is 0 Å². The number of amides is 1. The van der Waals surface area contributed by atoms with Crippen molar-refractivity contribution < 1.29 is 14.3 Å². The van der Waals surface area contributed by atoms with E-state index >= 15 is 0 Å². The number of anilines is 1. The summed E-state index contributed by atoms with van der Waals surface area (Å²) < 4.78 is 10.7. The summed E-state index contributed by atoms with van der Waals surface area (Å²) >= 11 is 0. The first-order valence-electron chi connectivity index (χ1n) is 7.78. The van der Waals surface area contributed by atoms with E-state index in [9.17, 15) is 4.79 Å². The van der Waals surface area contributed by atoms with Gasteiger partial charge in [-0.05, 0) is 51.5 Å². The Balaban J connectivity index is 1.65. The number of carbonyl (C=O) groups excluding carboxylic acids is 1. The number of benzene rings is 1. The van der Waals surface area contributed by atoms with Crippen LogP contribution in [-0.4, -0.2) is 48.9 Å². The van der Waals surface area contributed by atoms with Crippen LogP contribution in [0.2, 0.25) is 0 Å². The van der Waals surface area contributed by atoms with E-state index in [1.807, 2.05) is 37.8 Å². The minimum Gasteiger partial charge on any atom is -0.497 e. The van der Waals surface area contributed by atoms with Crippen LogP contribution in [-0.2, 0) is 4.74 Å². The first-order chi connectivity index (χ1) is 10.4. The molecule has 2 heterocycles. The van der Waals surface area contributed by atoms with E-state index in [-0.39, 0.29) is 12.1 Å². The van der Waals surface area contributed by atoms with Crippen molar-refractivity contribution in [3.63, 3.8) is 0 Å². The van der Waals surface area contributed by atoms with Gasteiger partial charge in [-0.15, -0.1) is 0 Å².